The summed E-state index contributed by atoms with van der Waals surface area (Å²) in [7, 11) is 0. The Morgan fingerprint density at radius 3 is 2.57 bits per heavy atom. The van der Waals surface area contributed by atoms with Crippen molar-refractivity contribution in [1.82, 2.24) is 5.32 Å². The van der Waals surface area contributed by atoms with Crippen LogP contribution >= 0.6 is 15.9 Å². The monoisotopic (exact) mass is 350 g/mol. The lowest BCUT2D eigenvalue weighted by molar-refractivity contribution is 0.417. The van der Waals surface area contributed by atoms with E-state index in [2.05, 4.69) is 51.3 Å². The van der Waals surface area contributed by atoms with E-state index in [0.717, 1.165) is 25.2 Å². The van der Waals surface area contributed by atoms with Crippen LogP contribution in [0.2, 0.25) is 0 Å². The zero-order valence-electron chi connectivity index (χ0n) is 13.1. The highest BCUT2D eigenvalue weighted by Gasteiger charge is 2.24. The Labute approximate surface area is 137 Å². The smallest absolute Gasteiger partial charge is 0.0415 e. The Morgan fingerprint density at radius 2 is 1.90 bits per heavy atom. The third-order valence-electron chi connectivity index (χ3n) is 4.87. The Morgan fingerprint density at radius 1 is 1.14 bits per heavy atom. The van der Waals surface area contributed by atoms with Gasteiger partial charge in [-0.25, -0.2) is 0 Å². The number of halogens is 1. The summed E-state index contributed by atoms with van der Waals surface area (Å²) >= 11 is 3.64. The summed E-state index contributed by atoms with van der Waals surface area (Å²) in [6.07, 6.45) is 9.64. The van der Waals surface area contributed by atoms with Crippen LogP contribution < -0.4 is 10.2 Å². The van der Waals surface area contributed by atoms with Crippen molar-refractivity contribution in [2.75, 3.05) is 11.4 Å². The second-order valence-electron chi connectivity index (χ2n) is 6.51. The summed E-state index contributed by atoms with van der Waals surface area (Å²) in [6, 6.07) is 8.32. The molecule has 1 aromatic carbocycles. The molecule has 0 unspecified atom stereocenters. The number of rotatable bonds is 6. The van der Waals surface area contributed by atoms with E-state index >= 15 is 0 Å². The number of anilines is 1. The average Bonchev–Trinajstić information content (AvgIpc) is 3.33. The fraction of sp³-hybridized carbons (Fsp3) is 0.667. The highest BCUT2D eigenvalue weighted by molar-refractivity contribution is 9.10. The van der Waals surface area contributed by atoms with E-state index in [4.69, 9.17) is 0 Å². The van der Waals surface area contributed by atoms with E-state index in [9.17, 15) is 0 Å². The van der Waals surface area contributed by atoms with Gasteiger partial charge in [-0.15, -0.1) is 0 Å². The van der Waals surface area contributed by atoms with Gasteiger partial charge in [-0.1, -0.05) is 35.2 Å². The lowest BCUT2D eigenvalue weighted by Crippen LogP contribution is -2.37. The van der Waals surface area contributed by atoms with E-state index in [1.807, 2.05) is 0 Å². The number of benzene rings is 1. The molecule has 2 nitrogen and oxygen atoms in total. The van der Waals surface area contributed by atoms with Gasteiger partial charge in [0.1, 0.15) is 0 Å². The van der Waals surface area contributed by atoms with Crippen molar-refractivity contribution < 1.29 is 0 Å². The molecule has 3 heteroatoms. The minimum Gasteiger partial charge on any atom is -0.369 e. The third kappa shape index (κ3) is 4.01. The summed E-state index contributed by atoms with van der Waals surface area (Å²) in [4.78, 5) is 2.65. The van der Waals surface area contributed by atoms with Gasteiger partial charge in [0.2, 0.25) is 0 Å². The van der Waals surface area contributed by atoms with Crippen LogP contribution in [0.25, 0.3) is 0 Å². The van der Waals surface area contributed by atoms with Crippen LogP contribution in [0, 0.1) is 0 Å². The predicted octanol–water partition coefficient (Wildman–Crippen LogP) is 4.86. The summed E-state index contributed by atoms with van der Waals surface area (Å²) in [5, 5.41) is 3.67. The second-order valence-corrected chi connectivity index (χ2v) is 7.42. The molecule has 0 bridgehead atoms. The molecule has 0 radical (unpaired) electrons. The van der Waals surface area contributed by atoms with Gasteiger partial charge in [0.25, 0.3) is 0 Å². The van der Waals surface area contributed by atoms with Crippen molar-refractivity contribution in [3.8, 4) is 0 Å². The largest absolute Gasteiger partial charge is 0.369 e. The Bertz CT molecular complexity index is 464. The van der Waals surface area contributed by atoms with Crippen molar-refractivity contribution in [1.29, 1.82) is 0 Å². The maximum Gasteiger partial charge on any atom is 0.0415 e. The van der Waals surface area contributed by atoms with Crippen molar-refractivity contribution in [3.05, 3.63) is 28.2 Å². The molecule has 0 atom stereocenters. The third-order valence-corrected chi connectivity index (χ3v) is 5.36. The van der Waals surface area contributed by atoms with Gasteiger partial charge in [0.15, 0.2) is 0 Å². The SMILES string of the molecule is CCN(c1ccc(Br)cc1CNC1CC1)C1CCCCC1. The zero-order valence-corrected chi connectivity index (χ0v) is 14.7. The summed E-state index contributed by atoms with van der Waals surface area (Å²) < 4.78 is 1.19. The molecule has 0 aliphatic heterocycles. The molecule has 116 valence electrons. The molecular formula is C18H27BrN2. The second kappa shape index (κ2) is 7.15. The lowest BCUT2D eigenvalue weighted by atomic mass is 9.93. The van der Waals surface area contributed by atoms with E-state index in [1.165, 1.54) is 60.7 Å². The first kappa shape index (κ1) is 15.4. The van der Waals surface area contributed by atoms with Gasteiger partial charge >= 0.3 is 0 Å². The van der Waals surface area contributed by atoms with Crippen LogP contribution in [-0.2, 0) is 6.54 Å². The maximum absolute atomic E-state index is 3.67. The molecule has 0 aromatic heterocycles. The maximum atomic E-state index is 3.67. The topological polar surface area (TPSA) is 15.3 Å². The molecule has 2 aliphatic rings. The van der Waals surface area contributed by atoms with Crippen molar-refractivity contribution in [3.63, 3.8) is 0 Å². The fourth-order valence-corrected chi connectivity index (χ4v) is 3.94. The highest BCUT2D eigenvalue weighted by atomic mass is 79.9. The number of hydrogen-bond donors (Lipinski definition) is 1. The molecule has 1 N–H and O–H groups in total. The number of hydrogen-bond acceptors (Lipinski definition) is 2. The number of nitrogens with one attached hydrogen (secondary N) is 1. The summed E-state index contributed by atoms with van der Waals surface area (Å²) in [5.74, 6) is 0. The molecule has 2 fully saturated rings. The first-order valence-electron chi connectivity index (χ1n) is 8.56. The molecule has 2 saturated carbocycles. The Kier molecular flexibility index (Phi) is 5.23. The molecular weight excluding hydrogens is 324 g/mol. The van der Waals surface area contributed by atoms with Crippen LogP contribution in [0.5, 0.6) is 0 Å². The van der Waals surface area contributed by atoms with Gasteiger partial charge in [-0.2, -0.15) is 0 Å². The summed E-state index contributed by atoms with van der Waals surface area (Å²) in [5.41, 5.74) is 2.89. The molecule has 1 aromatic rings. The van der Waals surface area contributed by atoms with Crippen LogP contribution in [0.1, 0.15) is 57.4 Å². The lowest BCUT2D eigenvalue weighted by Gasteiger charge is -2.36. The fourth-order valence-electron chi connectivity index (χ4n) is 3.54. The van der Waals surface area contributed by atoms with Gasteiger partial charge < -0.3 is 10.2 Å². The Balaban J connectivity index is 1.79. The molecule has 0 heterocycles. The van der Waals surface area contributed by atoms with E-state index in [-0.39, 0.29) is 0 Å². The molecule has 0 spiro atoms. The molecule has 21 heavy (non-hydrogen) atoms. The van der Waals surface area contributed by atoms with Crippen LogP contribution in [0.15, 0.2) is 22.7 Å². The number of nitrogens with zero attached hydrogens (tertiary/aromatic N) is 1. The normalized spacial score (nSPS) is 19.7. The average molecular weight is 351 g/mol. The highest BCUT2D eigenvalue weighted by Crippen LogP contribution is 2.32. The van der Waals surface area contributed by atoms with Crippen LogP contribution in [0.4, 0.5) is 5.69 Å². The van der Waals surface area contributed by atoms with Crippen molar-refractivity contribution >= 4 is 21.6 Å². The molecule has 2 aliphatic carbocycles. The minimum absolute atomic E-state index is 0.740. The first-order valence-corrected chi connectivity index (χ1v) is 9.35. The van der Waals surface area contributed by atoms with Gasteiger partial charge in [0, 0.05) is 35.3 Å². The van der Waals surface area contributed by atoms with Gasteiger partial charge in [-0.05, 0) is 56.4 Å². The first-order chi connectivity index (χ1) is 10.3. The molecule has 0 saturated heterocycles. The van der Waals surface area contributed by atoms with E-state index in [1.54, 1.807) is 0 Å². The van der Waals surface area contributed by atoms with Crippen molar-refractivity contribution in [2.45, 2.75) is 70.5 Å². The minimum atomic E-state index is 0.740. The van der Waals surface area contributed by atoms with Gasteiger partial charge in [0.05, 0.1) is 0 Å². The zero-order chi connectivity index (χ0) is 14.7. The van der Waals surface area contributed by atoms with Crippen LogP contribution in [0.3, 0.4) is 0 Å². The van der Waals surface area contributed by atoms with E-state index in [0.29, 0.717) is 0 Å². The van der Waals surface area contributed by atoms with Crippen LogP contribution in [-0.4, -0.2) is 18.6 Å². The summed E-state index contributed by atoms with van der Waals surface area (Å²) in [6.45, 7) is 4.42. The predicted molar refractivity (Wildman–Crippen MR) is 93.9 cm³/mol. The molecule has 3 rings (SSSR count). The van der Waals surface area contributed by atoms with Gasteiger partial charge in [-0.3, -0.25) is 0 Å². The van der Waals surface area contributed by atoms with Crippen molar-refractivity contribution in [2.24, 2.45) is 0 Å². The standard InChI is InChI=1S/C18H27BrN2/c1-2-21(17-6-4-3-5-7-17)18-11-8-15(19)12-14(18)13-20-16-9-10-16/h8,11-12,16-17,20H,2-7,9-10,13H2,1H3. The quantitative estimate of drug-likeness (QED) is 0.787. The van der Waals surface area contributed by atoms with E-state index < -0.39 is 0 Å². The Hall–Kier alpha value is -0.540. The molecule has 0 amide bonds.